The summed E-state index contributed by atoms with van der Waals surface area (Å²) >= 11 is 0. The van der Waals surface area contributed by atoms with Gasteiger partial charge < -0.3 is 9.84 Å². The second-order valence-corrected chi connectivity index (χ2v) is 5.81. The molecule has 0 saturated carbocycles. The predicted molar refractivity (Wildman–Crippen MR) is 62.9 cm³/mol. The van der Waals surface area contributed by atoms with E-state index in [0.29, 0.717) is 11.3 Å². The zero-order valence-electron chi connectivity index (χ0n) is 9.63. The Morgan fingerprint density at radius 2 is 2.06 bits per heavy atom. The summed E-state index contributed by atoms with van der Waals surface area (Å²) in [6.07, 6.45) is 0. The molecule has 1 aromatic carbocycles. The molecule has 0 radical (unpaired) electrons. The Bertz CT molecular complexity index is 519. The van der Waals surface area contributed by atoms with Gasteiger partial charge in [-0.25, -0.2) is 8.42 Å². The smallest absolute Gasteiger partial charge is 0.318 e. The van der Waals surface area contributed by atoms with Crippen molar-refractivity contribution in [3.8, 4) is 5.75 Å². The van der Waals surface area contributed by atoms with E-state index in [1.165, 1.54) is 7.11 Å². The van der Waals surface area contributed by atoms with E-state index in [-0.39, 0.29) is 5.75 Å². The monoisotopic (exact) mass is 258 g/mol. The first-order valence-corrected chi connectivity index (χ1v) is 6.72. The molecule has 0 aliphatic heterocycles. The number of benzene rings is 1. The van der Waals surface area contributed by atoms with Crippen LogP contribution in [0.1, 0.15) is 11.1 Å². The number of hydrogen-bond donors (Lipinski definition) is 1. The predicted octanol–water partition coefficient (Wildman–Crippen LogP) is 1.00. The highest BCUT2D eigenvalue weighted by molar-refractivity contribution is 7.91. The third-order valence-electron chi connectivity index (χ3n) is 2.15. The van der Waals surface area contributed by atoms with Gasteiger partial charge in [0.2, 0.25) is 0 Å². The molecular weight excluding hydrogens is 244 g/mol. The van der Waals surface area contributed by atoms with E-state index in [9.17, 15) is 13.2 Å². The normalized spacial score (nSPS) is 11.2. The molecule has 0 heterocycles. The van der Waals surface area contributed by atoms with Crippen molar-refractivity contribution in [2.75, 3.05) is 12.9 Å². The Morgan fingerprint density at radius 1 is 1.41 bits per heavy atom. The lowest BCUT2D eigenvalue weighted by atomic mass is 10.1. The van der Waals surface area contributed by atoms with Crippen molar-refractivity contribution < 1.29 is 23.1 Å². The van der Waals surface area contributed by atoms with Crippen molar-refractivity contribution >= 4 is 15.8 Å². The topological polar surface area (TPSA) is 80.7 Å². The fourth-order valence-corrected chi connectivity index (χ4v) is 2.67. The molecular formula is C11H14O5S. The first kappa shape index (κ1) is 13.5. The van der Waals surface area contributed by atoms with Gasteiger partial charge in [-0.2, -0.15) is 0 Å². The quantitative estimate of drug-likeness (QED) is 0.852. The molecule has 1 N–H and O–H groups in total. The fourth-order valence-electron chi connectivity index (χ4n) is 1.50. The van der Waals surface area contributed by atoms with Crippen LogP contribution in [0.15, 0.2) is 18.2 Å². The molecule has 17 heavy (non-hydrogen) atoms. The second-order valence-electron chi connectivity index (χ2n) is 3.74. The van der Waals surface area contributed by atoms with Gasteiger partial charge >= 0.3 is 5.97 Å². The molecule has 1 rings (SSSR count). The molecule has 0 amide bonds. The number of sulfone groups is 1. The molecule has 0 atom stereocenters. The third-order valence-corrected chi connectivity index (χ3v) is 3.59. The first-order valence-electron chi connectivity index (χ1n) is 4.90. The molecule has 0 aliphatic carbocycles. The number of carbonyl (C=O) groups is 1. The summed E-state index contributed by atoms with van der Waals surface area (Å²) in [6, 6.07) is 5.14. The number of aryl methyl sites for hydroxylation is 1. The number of carboxylic acid groups (broad SMARTS) is 1. The highest BCUT2D eigenvalue weighted by atomic mass is 32.2. The van der Waals surface area contributed by atoms with Crippen LogP contribution in [0.3, 0.4) is 0 Å². The zero-order chi connectivity index (χ0) is 13.1. The number of hydrogen-bond acceptors (Lipinski definition) is 4. The van der Waals surface area contributed by atoms with E-state index >= 15 is 0 Å². The van der Waals surface area contributed by atoms with E-state index in [1.807, 2.05) is 6.92 Å². The van der Waals surface area contributed by atoms with Gasteiger partial charge in [-0.05, 0) is 13.0 Å². The SMILES string of the molecule is COc1ccc(C)cc1CS(=O)(=O)CC(=O)O. The number of ether oxygens (including phenoxy) is 1. The minimum Gasteiger partial charge on any atom is -0.496 e. The van der Waals surface area contributed by atoms with Crippen molar-refractivity contribution in [2.24, 2.45) is 0 Å². The Kier molecular flexibility index (Phi) is 4.11. The number of aliphatic carboxylic acids is 1. The summed E-state index contributed by atoms with van der Waals surface area (Å²) in [5.41, 5.74) is 1.38. The fraction of sp³-hybridized carbons (Fsp3) is 0.364. The van der Waals surface area contributed by atoms with E-state index in [0.717, 1.165) is 5.56 Å². The maximum atomic E-state index is 11.6. The minimum atomic E-state index is -3.66. The summed E-state index contributed by atoms with van der Waals surface area (Å²) in [4.78, 5) is 10.4. The minimum absolute atomic E-state index is 0.329. The highest BCUT2D eigenvalue weighted by Crippen LogP contribution is 2.22. The molecule has 0 spiro atoms. The van der Waals surface area contributed by atoms with Crippen LogP contribution in [0, 0.1) is 6.92 Å². The van der Waals surface area contributed by atoms with Crippen molar-refractivity contribution in [1.82, 2.24) is 0 Å². The third kappa shape index (κ3) is 4.07. The molecule has 0 saturated heterocycles. The van der Waals surface area contributed by atoms with Crippen LogP contribution in [-0.4, -0.2) is 32.4 Å². The Balaban J connectivity index is 3.02. The molecule has 5 nitrogen and oxygen atoms in total. The Labute approximate surface area is 100.0 Å². The summed E-state index contributed by atoms with van der Waals surface area (Å²) in [6.45, 7) is 1.83. The highest BCUT2D eigenvalue weighted by Gasteiger charge is 2.18. The lowest BCUT2D eigenvalue weighted by Crippen LogP contribution is -2.17. The molecule has 0 aromatic heterocycles. The van der Waals surface area contributed by atoms with E-state index in [2.05, 4.69) is 0 Å². The van der Waals surface area contributed by atoms with Crippen LogP contribution in [0.2, 0.25) is 0 Å². The maximum absolute atomic E-state index is 11.6. The first-order chi connectivity index (χ1) is 7.84. The van der Waals surface area contributed by atoms with Gasteiger partial charge in [-0.3, -0.25) is 4.79 Å². The average Bonchev–Trinajstić information content (AvgIpc) is 2.14. The van der Waals surface area contributed by atoms with Gasteiger partial charge in [0.25, 0.3) is 0 Å². The van der Waals surface area contributed by atoms with Gasteiger partial charge in [-0.1, -0.05) is 17.7 Å². The molecule has 94 valence electrons. The lowest BCUT2D eigenvalue weighted by molar-refractivity contribution is -0.134. The van der Waals surface area contributed by atoms with E-state index in [4.69, 9.17) is 9.84 Å². The van der Waals surface area contributed by atoms with Crippen LogP contribution in [-0.2, 0) is 20.4 Å². The van der Waals surface area contributed by atoms with Crippen LogP contribution in [0.5, 0.6) is 5.75 Å². The summed E-state index contributed by atoms with van der Waals surface area (Å²) in [5.74, 6) is -2.10. The molecule has 0 fully saturated rings. The average molecular weight is 258 g/mol. The summed E-state index contributed by atoms with van der Waals surface area (Å²) in [5, 5.41) is 8.50. The zero-order valence-corrected chi connectivity index (χ0v) is 10.5. The van der Waals surface area contributed by atoms with Crippen molar-refractivity contribution in [3.63, 3.8) is 0 Å². The number of methoxy groups -OCH3 is 1. The molecule has 0 aliphatic rings. The van der Waals surface area contributed by atoms with Crippen molar-refractivity contribution in [3.05, 3.63) is 29.3 Å². The standard InChI is InChI=1S/C11H14O5S/c1-8-3-4-10(16-2)9(5-8)6-17(14,15)7-11(12)13/h3-5H,6-7H2,1-2H3,(H,12,13). The van der Waals surface area contributed by atoms with Gasteiger partial charge in [0.15, 0.2) is 9.84 Å². The Hall–Kier alpha value is -1.56. The van der Waals surface area contributed by atoms with Crippen molar-refractivity contribution in [1.29, 1.82) is 0 Å². The van der Waals surface area contributed by atoms with Gasteiger partial charge in [-0.15, -0.1) is 0 Å². The molecule has 1 aromatic rings. The Morgan fingerprint density at radius 3 is 2.59 bits per heavy atom. The summed E-state index contributed by atoms with van der Waals surface area (Å²) in [7, 11) is -2.22. The van der Waals surface area contributed by atoms with E-state index < -0.39 is 21.6 Å². The van der Waals surface area contributed by atoms with Crippen LogP contribution in [0.4, 0.5) is 0 Å². The van der Waals surface area contributed by atoms with Gasteiger partial charge in [0.05, 0.1) is 12.9 Å². The second kappa shape index (κ2) is 5.18. The van der Waals surface area contributed by atoms with Gasteiger partial charge in [0.1, 0.15) is 11.5 Å². The molecule has 0 bridgehead atoms. The molecule has 6 heteroatoms. The van der Waals surface area contributed by atoms with Crippen LogP contribution < -0.4 is 4.74 Å². The van der Waals surface area contributed by atoms with E-state index in [1.54, 1.807) is 18.2 Å². The van der Waals surface area contributed by atoms with Gasteiger partial charge in [0, 0.05) is 5.56 Å². The number of carboxylic acids is 1. The maximum Gasteiger partial charge on any atom is 0.318 e. The molecule has 0 unspecified atom stereocenters. The van der Waals surface area contributed by atoms with Crippen LogP contribution in [0.25, 0.3) is 0 Å². The largest absolute Gasteiger partial charge is 0.496 e. The summed E-state index contributed by atoms with van der Waals surface area (Å²) < 4.78 is 28.1. The van der Waals surface area contributed by atoms with Crippen LogP contribution >= 0.6 is 0 Å². The lowest BCUT2D eigenvalue weighted by Gasteiger charge is -2.09. The number of rotatable bonds is 5. The van der Waals surface area contributed by atoms with Crippen molar-refractivity contribution in [2.45, 2.75) is 12.7 Å².